The van der Waals surface area contributed by atoms with E-state index in [4.69, 9.17) is 16.3 Å². The summed E-state index contributed by atoms with van der Waals surface area (Å²) in [5.41, 5.74) is 2.00. The standard InChI is InChI=1S/C18H24ClFO/c1-3-5-6-13-7-9-14(10-8-13)15-11-12-16(21-4-2)18(20)17(15)19/h9,11-13H,3-8,10H2,1-2H3. The molecule has 0 spiro atoms. The molecule has 1 aromatic rings. The number of hydrogen-bond donors (Lipinski definition) is 0. The molecule has 1 unspecified atom stereocenters. The van der Waals surface area contributed by atoms with Crippen LogP contribution >= 0.6 is 11.6 Å². The molecule has 1 nitrogen and oxygen atoms in total. The minimum absolute atomic E-state index is 0.194. The zero-order chi connectivity index (χ0) is 15.2. The van der Waals surface area contributed by atoms with Gasteiger partial charge in [0.25, 0.3) is 0 Å². The van der Waals surface area contributed by atoms with Crippen LogP contribution < -0.4 is 4.74 Å². The SMILES string of the molecule is CCCCC1CC=C(c2ccc(OCC)c(F)c2Cl)CC1. The summed E-state index contributed by atoms with van der Waals surface area (Å²) >= 11 is 6.19. The monoisotopic (exact) mass is 310 g/mol. The lowest BCUT2D eigenvalue weighted by molar-refractivity contribution is 0.321. The first kappa shape index (κ1) is 16.4. The first-order chi connectivity index (χ1) is 10.2. The van der Waals surface area contributed by atoms with Crippen LogP contribution in [-0.2, 0) is 0 Å². The number of allylic oxidation sites excluding steroid dienone is 2. The highest BCUT2D eigenvalue weighted by atomic mass is 35.5. The lowest BCUT2D eigenvalue weighted by atomic mass is 9.84. The van der Waals surface area contributed by atoms with E-state index in [1.807, 2.05) is 13.0 Å². The van der Waals surface area contributed by atoms with E-state index in [-0.39, 0.29) is 10.8 Å². The van der Waals surface area contributed by atoms with E-state index in [9.17, 15) is 4.39 Å². The lowest BCUT2D eigenvalue weighted by Crippen LogP contribution is -2.06. The third-order valence-electron chi connectivity index (χ3n) is 4.18. The van der Waals surface area contributed by atoms with Crippen molar-refractivity contribution < 1.29 is 9.13 Å². The van der Waals surface area contributed by atoms with Crippen molar-refractivity contribution in [2.24, 2.45) is 5.92 Å². The van der Waals surface area contributed by atoms with E-state index < -0.39 is 5.82 Å². The minimum Gasteiger partial charge on any atom is -0.491 e. The molecule has 116 valence electrons. The summed E-state index contributed by atoms with van der Waals surface area (Å²) < 4.78 is 19.4. The summed E-state index contributed by atoms with van der Waals surface area (Å²) in [5.74, 6) is 0.577. The van der Waals surface area contributed by atoms with Gasteiger partial charge in [-0.15, -0.1) is 0 Å². The number of unbranched alkanes of at least 4 members (excludes halogenated alkanes) is 1. The molecular formula is C18H24ClFO. The maximum absolute atomic E-state index is 14.2. The second-order valence-electron chi connectivity index (χ2n) is 5.68. The molecule has 0 aromatic heterocycles. The van der Waals surface area contributed by atoms with Gasteiger partial charge >= 0.3 is 0 Å². The zero-order valence-electron chi connectivity index (χ0n) is 12.9. The number of hydrogen-bond acceptors (Lipinski definition) is 1. The highest BCUT2D eigenvalue weighted by molar-refractivity contribution is 6.32. The summed E-state index contributed by atoms with van der Waals surface area (Å²) in [6, 6.07) is 3.57. The van der Waals surface area contributed by atoms with Crippen LogP contribution in [0.5, 0.6) is 5.75 Å². The van der Waals surface area contributed by atoms with E-state index in [1.165, 1.54) is 31.3 Å². The van der Waals surface area contributed by atoms with E-state index in [0.29, 0.717) is 6.61 Å². The number of halogens is 2. The summed E-state index contributed by atoms with van der Waals surface area (Å²) in [6.07, 6.45) is 9.34. The van der Waals surface area contributed by atoms with Gasteiger partial charge in [-0.25, -0.2) is 4.39 Å². The Balaban J connectivity index is 2.12. The Morgan fingerprint density at radius 2 is 2.14 bits per heavy atom. The Morgan fingerprint density at radius 1 is 1.33 bits per heavy atom. The molecule has 2 rings (SSSR count). The van der Waals surface area contributed by atoms with Gasteiger partial charge in [0.15, 0.2) is 11.6 Å². The van der Waals surface area contributed by atoms with Crippen molar-refractivity contribution in [3.05, 3.63) is 34.6 Å². The maximum atomic E-state index is 14.2. The molecule has 0 heterocycles. The van der Waals surface area contributed by atoms with Gasteiger partial charge in [0.2, 0.25) is 0 Å². The van der Waals surface area contributed by atoms with Crippen LogP contribution in [0.4, 0.5) is 4.39 Å². The highest BCUT2D eigenvalue weighted by Crippen LogP contribution is 2.38. The number of benzene rings is 1. The summed E-state index contributed by atoms with van der Waals surface area (Å²) in [4.78, 5) is 0. The molecule has 0 amide bonds. The van der Waals surface area contributed by atoms with Gasteiger partial charge in [-0.2, -0.15) is 0 Å². The average molecular weight is 311 g/mol. The molecule has 0 fully saturated rings. The van der Waals surface area contributed by atoms with Crippen LogP contribution in [-0.4, -0.2) is 6.61 Å². The van der Waals surface area contributed by atoms with Crippen molar-refractivity contribution >= 4 is 17.2 Å². The van der Waals surface area contributed by atoms with E-state index in [1.54, 1.807) is 6.07 Å². The van der Waals surface area contributed by atoms with Crippen molar-refractivity contribution in [3.8, 4) is 5.75 Å². The first-order valence-corrected chi connectivity index (χ1v) is 8.35. The molecule has 0 N–H and O–H groups in total. The van der Waals surface area contributed by atoms with Crippen molar-refractivity contribution in [2.45, 2.75) is 52.4 Å². The zero-order valence-corrected chi connectivity index (χ0v) is 13.7. The Labute approximate surface area is 132 Å². The van der Waals surface area contributed by atoms with E-state index in [0.717, 1.165) is 24.3 Å². The number of ether oxygens (including phenoxy) is 1. The number of rotatable bonds is 6. The van der Waals surface area contributed by atoms with Crippen molar-refractivity contribution in [1.29, 1.82) is 0 Å². The summed E-state index contributed by atoms with van der Waals surface area (Å²) in [5, 5.41) is 0.194. The molecule has 1 aliphatic rings. The van der Waals surface area contributed by atoms with Crippen LogP contribution in [0, 0.1) is 11.7 Å². The molecule has 0 radical (unpaired) electrons. The van der Waals surface area contributed by atoms with E-state index in [2.05, 4.69) is 13.0 Å². The summed E-state index contributed by atoms with van der Waals surface area (Å²) in [7, 11) is 0. The Bertz CT molecular complexity index is 510. The molecule has 0 bridgehead atoms. The normalized spacial score (nSPS) is 18.5. The van der Waals surface area contributed by atoms with Gasteiger partial charge < -0.3 is 4.74 Å². The Kier molecular flexibility index (Phi) is 6.10. The van der Waals surface area contributed by atoms with Gasteiger partial charge in [-0.1, -0.05) is 43.9 Å². The fourth-order valence-electron chi connectivity index (χ4n) is 2.93. The van der Waals surface area contributed by atoms with Crippen LogP contribution in [0.25, 0.3) is 5.57 Å². The summed E-state index contributed by atoms with van der Waals surface area (Å²) in [6.45, 7) is 4.50. The third-order valence-corrected chi connectivity index (χ3v) is 4.55. The largest absolute Gasteiger partial charge is 0.491 e. The molecule has 3 heteroatoms. The highest BCUT2D eigenvalue weighted by Gasteiger charge is 2.19. The van der Waals surface area contributed by atoms with Crippen molar-refractivity contribution in [2.75, 3.05) is 6.61 Å². The fraction of sp³-hybridized carbons (Fsp3) is 0.556. The van der Waals surface area contributed by atoms with Crippen molar-refractivity contribution in [3.63, 3.8) is 0 Å². The first-order valence-electron chi connectivity index (χ1n) is 7.97. The Hall–Kier alpha value is -1.02. The molecule has 21 heavy (non-hydrogen) atoms. The van der Waals surface area contributed by atoms with Crippen LogP contribution in [0.2, 0.25) is 5.02 Å². The average Bonchev–Trinajstić information content (AvgIpc) is 2.51. The fourth-order valence-corrected chi connectivity index (χ4v) is 3.21. The lowest BCUT2D eigenvalue weighted by Gasteiger charge is -2.22. The van der Waals surface area contributed by atoms with Gasteiger partial charge in [0, 0.05) is 0 Å². The van der Waals surface area contributed by atoms with Crippen molar-refractivity contribution in [1.82, 2.24) is 0 Å². The maximum Gasteiger partial charge on any atom is 0.184 e. The molecule has 1 aromatic carbocycles. The smallest absolute Gasteiger partial charge is 0.184 e. The van der Waals surface area contributed by atoms with Crippen LogP contribution in [0.3, 0.4) is 0 Å². The molecular weight excluding hydrogens is 287 g/mol. The topological polar surface area (TPSA) is 9.23 Å². The molecule has 0 aliphatic heterocycles. The predicted molar refractivity (Wildman–Crippen MR) is 87.4 cm³/mol. The second-order valence-corrected chi connectivity index (χ2v) is 6.06. The predicted octanol–water partition coefficient (Wildman–Crippen LogP) is 6.25. The van der Waals surface area contributed by atoms with Gasteiger partial charge in [0.1, 0.15) is 0 Å². The van der Waals surface area contributed by atoms with E-state index >= 15 is 0 Å². The minimum atomic E-state index is -0.440. The van der Waals surface area contributed by atoms with Gasteiger partial charge in [-0.05, 0) is 55.4 Å². The van der Waals surface area contributed by atoms with Gasteiger partial charge in [-0.3, -0.25) is 0 Å². The molecule has 1 aliphatic carbocycles. The molecule has 0 saturated carbocycles. The van der Waals surface area contributed by atoms with Crippen LogP contribution in [0.15, 0.2) is 18.2 Å². The third kappa shape index (κ3) is 4.00. The Morgan fingerprint density at radius 3 is 2.76 bits per heavy atom. The van der Waals surface area contributed by atoms with Crippen LogP contribution in [0.1, 0.15) is 57.9 Å². The molecule has 1 atom stereocenters. The van der Waals surface area contributed by atoms with Gasteiger partial charge in [0.05, 0.1) is 11.6 Å². The molecule has 0 saturated heterocycles. The quantitative estimate of drug-likeness (QED) is 0.603. The second kappa shape index (κ2) is 7.84.